The van der Waals surface area contributed by atoms with Gasteiger partial charge in [-0.15, -0.1) is 0 Å². The van der Waals surface area contributed by atoms with Crippen LogP contribution < -0.4 is 19.7 Å². The summed E-state index contributed by atoms with van der Waals surface area (Å²) in [7, 11) is 0. The number of ether oxygens (including phenoxy) is 2. The first-order chi connectivity index (χ1) is 18.4. The molecule has 0 aliphatic carbocycles. The highest BCUT2D eigenvalue weighted by atomic mass is 19.1. The van der Waals surface area contributed by atoms with Crippen molar-refractivity contribution in [1.29, 1.82) is 0 Å². The number of benzene rings is 2. The minimum atomic E-state index is -0.564. The standard InChI is InChI=1S/C28H30FN3O6/c1-3-31(4-2)14-13-30-28(35)26-12-10-20(38-26)16-32-22-15-19(9-11-25(22)37-18-27(32)34)23(33)17-36-24-8-6-5-7-21(24)29/h5-12,15H,3-4,13-14,16-18H2,1-2H3,(H,30,35). The number of ketones is 1. The molecule has 2 heterocycles. The Balaban J connectivity index is 1.43. The monoisotopic (exact) mass is 523 g/mol. The number of nitrogens with one attached hydrogen (secondary N) is 1. The number of hydrogen-bond donors (Lipinski definition) is 1. The molecule has 38 heavy (non-hydrogen) atoms. The van der Waals surface area contributed by atoms with E-state index < -0.39 is 11.6 Å². The van der Waals surface area contributed by atoms with Crippen LogP contribution in [0.5, 0.6) is 11.5 Å². The number of anilines is 1. The largest absolute Gasteiger partial charge is 0.482 e. The Morgan fingerprint density at radius 1 is 1.11 bits per heavy atom. The molecular weight excluding hydrogens is 493 g/mol. The third-order valence-electron chi connectivity index (χ3n) is 6.23. The number of amides is 2. The van der Waals surface area contributed by atoms with Crippen LogP contribution in [0, 0.1) is 5.82 Å². The lowest BCUT2D eigenvalue weighted by Crippen LogP contribution is -2.38. The molecule has 10 heteroatoms. The Morgan fingerprint density at radius 3 is 2.66 bits per heavy atom. The van der Waals surface area contributed by atoms with E-state index in [0.717, 1.165) is 19.6 Å². The molecule has 1 aliphatic heterocycles. The van der Waals surface area contributed by atoms with Gasteiger partial charge in [-0.1, -0.05) is 26.0 Å². The normalized spacial score (nSPS) is 12.7. The smallest absolute Gasteiger partial charge is 0.287 e. The van der Waals surface area contributed by atoms with Crippen LogP contribution in [0.4, 0.5) is 10.1 Å². The zero-order valence-corrected chi connectivity index (χ0v) is 21.4. The van der Waals surface area contributed by atoms with Crippen LogP contribution in [-0.2, 0) is 11.3 Å². The molecule has 1 aliphatic rings. The number of furan rings is 1. The Kier molecular flexibility index (Phi) is 8.75. The van der Waals surface area contributed by atoms with E-state index >= 15 is 0 Å². The predicted molar refractivity (Wildman–Crippen MR) is 138 cm³/mol. The number of halogens is 1. The van der Waals surface area contributed by atoms with E-state index in [4.69, 9.17) is 13.9 Å². The third-order valence-corrected chi connectivity index (χ3v) is 6.23. The van der Waals surface area contributed by atoms with Crippen LogP contribution in [0.25, 0.3) is 0 Å². The molecule has 0 bridgehead atoms. The fourth-order valence-corrected chi connectivity index (χ4v) is 4.03. The van der Waals surface area contributed by atoms with Crippen LogP contribution in [0.15, 0.2) is 59.0 Å². The van der Waals surface area contributed by atoms with Gasteiger partial charge in [0.2, 0.25) is 0 Å². The van der Waals surface area contributed by atoms with Crippen molar-refractivity contribution in [3.63, 3.8) is 0 Å². The molecule has 0 fully saturated rings. The summed E-state index contributed by atoms with van der Waals surface area (Å²) in [6.45, 7) is 6.65. The van der Waals surface area contributed by atoms with Crippen LogP contribution in [0.2, 0.25) is 0 Å². The number of nitrogens with zero attached hydrogens (tertiary/aromatic N) is 2. The molecule has 2 amide bonds. The minimum absolute atomic E-state index is 0.0235. The maximum Gasteiger partial charge on any atom is 0.287 e. The summed E-state index contributed by atoms with van der Waals surface area (Å²) in [5, 5.41) is 2.84. The Labute approximate surface area is 220 Å². The summed E-state index contributed by atoms with van der Waals surface area (Å²) in [4.78, 5) is 41.6. The number of carbonyl (C=O) groups excluding carboxylic acids is 3. The molecule has 4 rings (SSSR count). The lowest BCUT2D eigenvalue weighted by Gasteiger charge is -2.29. The quantitative estimate of drug-likeness (QED) is 0.362. The number of rotatable bonds is 12. The fraction of sp³-hybridized carbons (Fsp3) is 0.321. The molecule has 3 aromatic rings. The van der Waals surface area contributed by atoms with Gasteiger partial charge < -0.3 is 24.1 Å². The van der Waals surface area contributed by atoms with E-state index in [0.29, 0.717) is 23.7 Å². The van der Waals surface area contributed by atoms with Crippen LogP contribution >= 0.6 is 0 Å². The van der Waals surface area contributed by atoms with Gasteiger partial charge in [-0.05, 0) is 55.6 Å². The van der Waals surface area contributed by atoms with Gasteiger partial charge in [0.25, 0.3) is 11.8 Å². The molecule has 1 aromatic heterocycles. The summed E-state index contributed by atoms with van der Waals surface area (Å²) < 4.78 is 30.4. The van der Waals surface area contributed by atoms with Crippen molar-refractivity contribution in [3.8, 4) is 11.5 Å². The van der Waals surface area contributed by atoms with Gasteiger partial charge in [-0.25, -0.2) is 4.39 Å². The second-order valence-electron chi connectivity index (χ2n) is 8.64. The third kappa shape index (κ3) is 6.38. The van der Waals surface area contributed by atoms with Gasteiger partial charge in [0.1, 0.15) is 11.5 Å². The summed E-state index contributed by atoms with van der Waals surface area (Å²) in [6, 6.07) is 13.7. The lowest BCUT2D eigenvalue weighted by molar-refractivity contribution is -0.121. The molecular formula is C28H30FN3O6. The van der Waals surface area contributed by atoms with Crippen LogP contribution in [0.1, 0.15) is 40.5 Å². The highest BCUT2D eigenvalue weighted by Gasteiger charge is 2.28. The van der Waals surface area contributed by atoms with Gasteiger partial charge in [-0.3, -0.25) is 19.3 Å². The average Bonchev–Trinajstić information content (AvgIpc) is 3.40. The molecule has 0 saturated carbocycles. The van der Waals surface area contributed by atoms with E-state index in [1.165, 1.54) is 29.2 Å². The van der Waals surface area contributed by atoms with E-state index in [9.17, 15) is 18.8 Å². The second-order valence-corrected chi connectivity index (χ2v) is 8.64. The first-order valence-corrected chi connectivity index (χ1v) is 12.5. The Hall–Kier alpha value is -4.18. The van der Waals surface area contributed by atoms with Crippen molar-refractivity contribution >= 4 is 23.3 Å². The number of fused-ring (bicyclic) bond motifs is 1. The first-order valence-electron chi connectivity index (χ1n) is 12.5. The molecule has 0 saturated heterocycles. The zero-order chi connectivity index (χ0) is 27.1. The SMILES string of the molecule is CCN(CC)CCNC(=O)c1ccc(CN2C(=O)COc3ccc(C(=O)COc4ccccc4F)cc32)o1. The Bertz CT molecular complexity index is 1300. The van der Waals surface area contributed by atoms with Crippen molar-refractivity contribution < 1.29 is 32.7 Å². The number of para-hydroxylation sites is 1. The topological polar surface area (TPSA) is 101 Å². The molecule has 9 nitrogen and oxygen atoms in total. The molecule has 2 aromatic carbocycles. The zero-order valence-electron chi connectivity index (χ0n) is 21.4. The average molecular weight is 524 g/mol. The highest BCUT2D eigenvalue weighted by molar-refractivity contribution is 6.02. The second kappa shape index (κ2) is 12.4. The van der Waals surface area contributed by atoms with E-state index in [2.05, 4.69) is 24.1 Å². The number of hydrogen-bond acceptors (Lipinski definition) is 7. The van der Waals surface area contributed by atoms with Gasteiger partial charge in [0.15, 0.2) is 36.3 Å². The lowest BCUT2D eigenvalue weighted by atomic mass is 10.1. The summed E-state index contributed by atoms with van der Waals surface area (Å²) in [6.07, 6.45) is 0. The number of Topliss-reactive ketones (excluding diaryl/α,β-unsaturated/α-hetero) is 1. The highest BCUT2D eigenvalue weighted by Crippen LogP contribution is 2.34. The first kappa shape index (κ1) is 26.9. The molecule has 0 radical (unpaired) electrons. The van der Waals surface area contributed by atoms with E-state index in [-0.39, 0.29) is 48.6 Å². The predicted octanol–water partition coefficient (Wildman–Crippen LogP) is 3.68. The number of likely N-dealkylation sites (N-methyl/N-ethyl adjacent to an activating group) is 1. The maximum absolute atomic E-state index is 13.8. The molecule has 0 atom stereocenters. The van der Waals surface area contributed by atoms with Gasteiger partial charge >= 0.3 is 0 Å². The summed E-state index contributed by atoms with van der Waals surface area (Å²) in [5.74, 6) is -0.663. The van der Waals surface area contributed by atoms with E-state index in [1.807, 2.05) is 0 Å². The molecule has 1 N–H and O–H groups in total. The van der Waals surface area contributed by atoms with Gasteiger partial charge in [0, 0.05) is 18.7 Å². The summed E-state index contributed by atoms with van der Waals surface area (Å²) in [5.41, 5.74) is 0.663. The molecule has 0 spiro atoms. The van der Waals surface area contributed by atoms with Crippen molar-refractivity contribution in [2.45, 2.75) is 20.4 Å². The molecule has 200 valence electrons. The van der Waals surface area contributed by atoms with Crippen LogP contribution in [0.3, 0.4) is 0 Å². The minimum Gasteiger partial charge on any atom is -0.482 e. The Morgan fingerprint density at radius 2 is 1.89 bits per heavy atom. The van der Waals surface area contributed by atoms with Crippen LogP contribution in [-0.4, -0.2) is 61.9 Å². The summed E-state index contributed by atoms with van der Waals surface area (Å²) >= 11 is 0. The number of carbonyl (C=O) groups is 3. The fourth-order valence-electron chi connectivity index (χ4n) is 4.03. The van der Waals surface area contributed by atoms with Crippen molar-refractivity contribution in [1.82, 2.24) is 10.2 Å². The molecule has 0 unspecified atom stereocenters. The van der Waals surface area contributed by atoms with Gasteiger partial charge in [-0.2, -0.15) is 0 Å². The van der Waals surface area contributed by atoms with Crippen molar-refractivity contribution in [2.75, 3.05) is 44.3 Å². The van der Waals surface area contributed by atoms with E-state index in [1.54, 1.807) is 30.3 Å². The maximum atomic E-state index is 13.8. The van der Waals surface area contributed by atoms with Crippen molar-refractivity contribution in [2.24, 2.45) is 0 Å². The van der Waals surface area contributed by atoms with Crippen molar-refractivity contribution in [3.05, 3.63) is 77.5 Å². The van der Waals surface area contributed by atoms with Gasteiger partial charge in [0.05, 0.1) is 12.2 Å².